The molecule has 0 aliphatic heterocycles. The lowest BCUT2D eigenvalue weighted by atomic mass is 10.1. The zero-order valence-electron chi connectivity index (χ0n) is 15.0. The molecule has 1 aromatic carbocycles. The molecule has 0 saturated heterocycles. The highest BCUT2D eigenvalue weighted by atomic mass is 35.5. The molecule has 0 fully saturated rings. The molecule has 9 heteroatoms. The Morgan fingerprint density at radius 3 is 2.59 bits per heavy atom. The number of hydrogen-bond acceptors (Lipinski definition) is 4. The number of carbonyl (C=O) groups is 1. The summed E-state index contributed by atoms with van der Waals surface area (Å²) in [6, 6.07) is 6.79. The quantitative estimate of drug-likeness (QED) is 0.743. The van der Waals surface area contributed by atoms with Crippen molar-refractivity contribution >= 4 is 23.2 Å². The first-order valence-corrected chi connectivity index (χ1v) is 8.47. The van der Waals surface area contributed by atoms with Crippen LogP contribution in [0.1, 0.15) is 11.4 Å². The Bertz CT molecular complexity index is 1090. The first-order valence-electron chi connectivity index (χ1n) is 8.10. The average molecular weight is 390 g/mol. The van der Waals surface area contributed by atoms with Crippen LogP contribution >= 0.6 is 11.6 Å². The second-order valence-electron chi connectivity index (χ2n) is 6.06. The lowest BCUT2D eigenvalue weighted by Crippen LogP contribution is -2.29. The molecular formula is C18H17ClFN5O2. The van der Waals surface area contributed by atoms with Crippen molar-refractivity contribution in [2.75, 3.05) is 5.32 Å². The van der Waals surface area contributed by atoms with Crippen LogP contribution in [0.25, 0.3) is 11.3 Å². The van der Waals surface area contributed by atoms with Gasteiger partial charge in [0.05, 0.1) is 16.4 Å². The maximum absolute atomic E-state index is 13.2. The standard InChI is InChI=1S/C18H17ClFN5O2/c1-10-18(11(2)24(3)22-10)15-6-7-17(27)25(23-15)9-16(26)21-12-4-5-14(20)13(19)8-12/h4-8H,9H2,1-3H3,(H,21,26). The maximum atomic E-state index is 13.2. The number of anilines is 1. The molecule has 0 aliphatic rings. The van der Waals surface area contributed by atoms with Gasteiger partial charge in [-0.25, -0.2) is 9.07 Å². The number of rotatable bonds is 4. The van der Waals surface area contributed by atoms with Crippen LogP contribution in [-0.4, -0.2) is 25.5 Å². The Morgan fingerprint density at radius 1 is 1.22 bits per heavy atom. The van der Waals surface area contributed by atoms with E-state index in [4.69, 9.17) is 11.6 Å². The van der Waals surface area contributed by atoms with Crippen molar-refractivity contribution in [3.05, 3.63) is 62.9 Å². The van der Waals surface area contributed by atoms with E-state index >= 15 is 0 Å². The topological polar surface area (TPSA) is 81.8 Å². The fourth-order valence-electron chi connectivity index (χ4n) is 2.75. The number of nitrogens with one attached hydrogen (secondary N) is 1. The SMILES string of the molecule is Cc1nn(C)c(C)c1-c1ccc(=O)n(CC(=O)Nc2ccc(F)c(Cl)c2)n1. The highest BCUT2D eigenvalue weighted by Gasteiger charge is 2.15. The number of aromatic nitrogens is 4. The third kappa shape index (κ3) is 3.90. The largest absolute Gasteiger partial charge is 0.324 e. The molecule has 7 nitrogen and oxygen atoms in total. The Hall–Kier alpha value is -3.00. The molecule has 0 spiro atoms. The lowest BCUT2D eigenvalue weighted by Gasteiger charge is -2.09. The van der Waals surface area contributed by atoms with Crippen molar-refractivity contribution in [1.29, 1.82) is 0 Å². The van der Waals surface area contributed by atoms with E-state index in [1.54, 1.807) is 10.7 Å². The minimum Gasteiger partial charge on any atom is -0.324 e. The van der Waals surface area contributed by atoms with Gasteiger partial charge in [-0.05, 0) is 38.1 Å². The van der Waals surface area contributed by atoms with Crippen molar-refractivity contribution in [2.45, 2.75) is 20.4 Å². The van der Waals surface area contributed by atoms with Crippen LogP contribution < -0.4 is 10.9 Å². The van der Waals surface area contributed by atoms with Gasteiger partial charge < -0.3 is 5.32 Å². The number of hydrogen-bond donors (Lipinski definition) is 1. The number of benzene rings is 1. The summed E-state index contributed by atoms with van der Waals surface area (Å²) in [5.74, 6) is -1.06. The monoisotopic (exact) mass is 389 g/mol. The van der Waals surface area contributed by atoms with Crippen molar-refractivity contribution in [1.82, 2.24) is 19.6 Å². The van der Waals surface area contributed by atoms with Gasteiger partial charge in [0.1, 0.15) is 12.4 Å². The van der Waals surface area contributed by atoms with Crippen molar-refractivity contribution in [3.63, 3.8) is 0 Å². The summed E-state index contributed by atoms with van der Waals surface area (Å²) in [5, 5.41) is 11.1. The number of nitrogens with zero attached hydrogens (tertiary/aromatic N) is 4. The third-order valence-electron chi connectivity index (χ3n) is 4.13. The van der Waals surface area contributed by atoms with Crippen molar-refractivity contribution in [2.24, 2.45) is 7.05 Å². The second-order valence-corrected chi connectivity index (χ2v) is 6.47. The van der Waals surface area contributed by atoms with Gasteiger partial charge in [0.2, 0.25) is 5.91 Å². The number of amides is 1. The summed E-state index contributed by atoms with van der Waals surface area (Å²) >= 11 is 5.70. The van der Waals surface area contributed by atoms with E-state index in [2.05, 4.69) is 15.5 Å². The van der Waals surface area contributed by atoms with Gasteiger partial charge in [0.25, 0.3) is 5.56 Å². The van der Waals surface area contributed by atoms with E-state index in [1.807, 2.05) is 20.9 Å². The first kappa shape index (κ1) is 18.8. The normalized spacial score (nSPS) is 10.9. The highest BCUT2D eigenvalue weighted by Crippen LogP contribution is 2.23. The van der Waals surface area contributed by atoms with E-state index < -0.39 is 17.3 Å². The minimum absolute atomic E-state index is 0.104. The molecule has 0 unspecified atom stereocenters. The van der Waals surface area contributed by atoms with Crippen LogP contribution in [0.3, 0.4) is 0 Å². The van der Waals surface area contributed by atoms with Crippen LogP contribution in [0.2, 0.25) is 5.02 Å². The van der Waals surface area contributed by atoms with E-state index in [-0.39, 0.29) is 11.6 Å². The van der Waals surface area contributed by atoms with Crippen LogP contribution in [0, 0.1) is 19.7 Å². The highest BCUT2D eigenvalue weighted by molar-refractivity contribution is 6.31. The summed E-state index contributed by atoms with van der Waals surface area (Å²) in [5.41, 5.74) is 2.96. The molecule has 2 heterocycles. The molecule has 0 radical (unpaired) electrons. The van der Waals surface area contributed by atoms with Gasteiger partial charge in [0.15, 0.2) is 0 Å². The van der Waals surface area contributed by atoms with Gasteiger partial charge in [-0.3, -0.25) is 14.3 Å². The lowest BCUT2D eigenvalue weighted by molar-refractivity contribution is -0.117. The van der Waals surface area contributed by atoms with Crippen LogP contribution in [-0.2, 0) is 18.4 Å². The van der Waals surface area contributed by atoms with Gasteiger partial charge in [-0.2, -0.15) is 10.2 Å². The Morgan fingerprint density at radius 2 is 1.96 bits per heavy atom. The summed E-state index contributed by atoms with van der Waals surface area (Å²) in [4.78, 5) is 24.3. The number of halogens is 2. The Kier molecular flexibility index (Phi) is 5.09. The molecule has 0 saturated carbocycles. The Labute approximate surface area is 159 Å². The molecule has 27 heavy (non-hydrogen) atoms. The maximum Gasteiger partial charge on any atom is 0.267 e. The molecule has 3 rings (SSSR count). The molecule has 0 atom stereocenters. The fourth-order valence-corrected chi connectivity index (χ4v) is 2.93. The Balaban J connectivity index is 1.85. The minimum atomic E-state index is -0.581. The molecule has 0 aliphatic carbocycles. The van der Waals surface area contributed by atoms with Crippen LogP contribution in [0.15, 0.2) is 35.1 Å². The molecule has 2 aromatic heterocycles. The summed E-state index contributed by atoms with van der Waals surface area (Å²) in [7, 11) is 1.82. The summed E-state index contributed by atoms with van der Waals surface area (Å²) in [6.07, 6.45) is 0. The molecule has 1 amide bonds. The zero-order chi connectivity index (χ0) is 19.7. The smallest absolute Gasteiger partial charge is 0.267 e. The third-order valence-corrected chi connectivity index (χ3v) is 4.42. The van der Waals surface area contributed by atoms with Crippen molar-refractivity contribution < 1.29 is 9.18 Å². The van der Waals surface area contributed by atoms with Gasteiger partial charge >= 0.3 is 0 Å². The van der Waals surface area contributed by atoms with Crippen LogP contribution in [0.4, 0.5) is 10.1 Å². The first-order chi connectivity index (χ1) is 12.8. The van der Waals surface area contributed by atoms with E-state index in [1.165, 1.54) is 18.2 Å². The van der Waals surface area contributed by atoms with Crippen molar-refractivity contribution in [3.8, 4) is 11.3 Å². The van der Waals surface area contributed by atoms with E-state index in [9.17, 15) is 14.0 Å². The summed E-state index contributed by atoms with van der Waals surface area (Å²) in [6.45, 7) is 3.46. The average Bonchev–Trinajstić information content (AvgIpc) is 2.85. The molecule has 140 valence electrons. The zero-order valence-corrected chi connectivity index (χ0v) is 15.7. The van der Waals surface area contributed by atoms with Crippen LogP contribution in [0.5, 0.6) is 0 Å². The molecule has 1 N–H and O–H groups in total. The summed E-state index contributed by atoms with van der Waals surface area (Å²) < 4.78 is 16.0. The van der Waals surface area contributed by atoms with Gasteiger partial charge in [0, 0.05) is 30.1 Å². The number of carbonyl (C=O) groups excluding carboxylic acids is 1. The predicted octanol–water partition coefficient (Wildman–Crippen LogP) is 2.69. The molecular weight excluding hydrogens is 373 g/mol. The van der Waals surface area contributed by atoms with Gasteiger partial charge in [-0.1, -0.05) is 11.6 Å². The number of aryl methyl sites for hydroxylation is 2. The molecule has 0 bridgehead atoms. The predicted molar refractivity (Wildman–Crippen MR) is 100 cm³/mol. The van der Waals surface area contributed by atoms with E-state index in [0.717, 1.165) is 27.7 Å². The van der Waals surface area contributed by atoms with E-state index in [0.29, 0.717) is 11.4 Å². The second kappa shape index (κ2) is 7.32. The molecule has 3 aromatic rings. The fraction of sp³-hybridized carbons (Fsp3) is 0.222. The van der Waals surface area contributed by atoms with Gasteiger partial charge in [-0.15, -0.1) is 0 Å².